The van der Waals surface area contributed by atoms with E-state index in [2.05, 4.69) is 15.6 Å². The van der Waals surface area contributed by atoms with Crippen molar-refractivity contribution in [1.82, 2.24) is 4.98 Å². The van der Waals surface area contributed by atoms with Crippen LogP contribution in [0.1, 0.15) is 16.1 Å². The molecule has 0 aliphatic rings. The van der Waals surface area contributed by atoms with Gasteiger partial charge < -0.3 is 24.8 Å². The number of anilines is 3. The number of nitrogens with one attached hydrogen (secondary N) is 2. The minimum atomic E-state index is -0.354. The van der Waals surface area contributed by atoms with Gasteiger partial charge >= 0.3 is 0 Å². The van der Waals surface area contributed by atoms with Crippen LogP contribution in [0.2, 0.25) is 0 Å². The van der Waals surface area contributed by atoms with Gasteiger partial charge in [-0.05, 0) is 30.7 Å². The van der Waals surface area contributed by atoms with Crippen molar-refractivity contribution in [3.63, 3.8) is 0 Å². The number of methoxy groups -OCH3 is 3. The second-order valence-corrected chi connectivity index (χ2v) is 6.24. The molecule has 7 heteroatoms. The Hall–Kier alpha value is -3.74. The van der Waals surface area contributed by atoms with Crippen molar-refractivity contribution in [2.24, 2.45) is 0 Å². The number of pyridine rings is 1. The number of carbonyl (C=O) groups is 1. The van der Waals surface area contributed by atoms with Crippen molar-refractivity contribution in [1.29, 1.82) is 0 Å². The van der Waals surface area contributed by atoms with E-state index < -0.39 is 0 Å². The first-order valence-corrected chi connectivity index (χ1v) is 8.95. The van der Waals surface area contributed by atoms with E-state index in [4.69, 9.17) is 14.2 Å². The van der Waals surface area contributed by atoms with Crippen molar-refractivity contribution in [3.8, 4) is 17.2 Å². The number of carbonyl (C=O) groups excluding carboxylic acids is 1. The molecule has 2 N–H and O–H groups in total. The molecular formula is C22H23N3O4. The Bertz CT molecular complexity index is 995. The highest BCUT2D eigenvalue weighted by atomic mass is 16.5. The van der Waals surface area contributed by atoms with Crippen molar-refractivity contribution in [3.05, 3.63) is 66.0 Å². The summed E-state index contributed by atoms with van der Waals surface area (Å²) >= 11 is 0. The summed E-state index contributed by atoms with van der Waals surface area (Å²) in [5, 5.41) is 6.12. The van der Waals surface area contributed by atoms with Gasteiger partial charge in [-0.25, -0.2) is 0 Å². The summed E-state index contributed by atoms with van der Waals surface area (Å²) in [4.78, 5) is 16.9. The van der Waals surface area contributed by atoms with Gasteiger partial charge in [0.2, 0.25) is 5.75 Å². The summed E-state index contributed by atoms with van der Waals surface area (Å²) < 4.78 is 15.9. The quantitative estimate of drug-likeness (QED) is 0.619. The normalized spacial score (nSPS) is 10.2. The lowest BCUT2D eigenvalue weighted by molar-refractivity contribution is 0.102. The Kier molecular flexibility index (Phi) is 6.19. The number of amides is 1. The molecule has 0 bridgehead atoms. The lowest BCUT2D eigenvalue weighted by Crippen LogP contribution is -2.14. The van der Waals surface area contributed by atoms with Gasteiger partial charge in [-0.2, -0.15) is 0 Å². The maximum Gasteiger partial charge on any atom is 0.274 e. The molecule has 1 aromatic heterocycles. The van der Waals surface area contributed by atoms with Gasteiger partial charge in [-0.15, -0.1) is 0 Å². The maximum absolute atomic E-state index is 12.7. The van der Waals surface area contributed by atoms with Gasteiger partial charge in [0, 0.05) is 35.4 Å². The van der Waals surface area contributed by atoms with E-state index in [0.29, 0.717) is 22.9 Å². The average molecular weight is 393 g/mol. The predicted molar refractivity (Wildman–Crippen MR) is 113 cm³/mol. The highest BCUT2D eigenvalue weighted by Gasteiger charge is 2.16. The average Bonchev–Trinajstić information content (AvgIpc) is 2.74. The molecule has 0 saturated heterocycles. The Morgan fingerprint density at radius 2 is 1.59 bits per heavy atom. The van der Waals surface area contributed by atoms with Crippen molar-refractivity contribution < 1.29 is 19.0 Å². The molecule has 0 saturated carbocycles. The van der Waals surface area contributed by atoms with Crippen LogP contribution in [0.4, 0.5) is 17.1 Å². The summed E-state index contributed by atoms with van der Waals surface area (Å²) in [5.41, 5.74) is 3.62. The van der Waals surface area contributed by atoms with Crippen LogP contribution in [-0.2, 0) is 0 Å². The number of para-hydroxylation sites is 1. The first kappa shape index (κ1) is 20.0. The van der Waals surface area contributed by atoms with E-state index in [1.165, 1.54) is 21.3 Å². The van der Waals surface area contributed by atoms with Gasteiger partial charge in [0.05, 0.1) is 21.3 Å². The number of nitrogens with zero attached hydrogens (tertiary/aromatic N) is 1. The van der Waals surface area contributed by atoms with E-state index in [0.717, 1.165) is 16.9 Å². The molecule has 0 aliphatic heterocycles. The molecule has 0 unspecified atom stereocenters. The molecule has 0 fully saturated rings. The maximum atomic E-state index is 12.7. The largest absolute Gasteiger partial charge is 0.493 e. The van der Waals surface area contributed by atoms with Gasteiger partial charge in [-0.3, -0.25) is 9.78 Å². The zero-order chi connectivity index (χ0) is 20.8. The number of hydrogen-bond acceptors (Lipinski definition) is 6. The molecule has 1 heterocycles. The number of aromatic nitrogens is 1. The zero-order valence-electron chi connectivity index (χ0n) is 16.8. The molecular weight excluding hydrogens is 370 g/mol. The monoisotopic (exact) mass is 393 g/mol. The molecule has 0 aliphatic carbocycles. The molecule has 3 aromatic rings. The Morgan fingerprint density at radius 1 is 0.897 bits per heavy atom. The van der Waals surface area contributed by atoms with Crippen LogP contribution < -0.4 is 24.8 Å². The smallest absolute Gasteiger partial charge is 0.274 e. The molecule has 0 atom stereocenters. The third-order valence-corrected chi connectivity index (χ3v) is 4.34. The summed E-state index contributed by atoms with van der Waals surface area (Å²) in [5.74, 6) is 0.999. The number of ether oxygens (including phenoxy) is 3. The van der Waals surface area contributed by atoms with E-state index in [1.807, 2.05) is 37.3 Å². The summed E-state index contributed by atoms with van der Waals surface area (Å²) in [6.07, 6.45) is 1.59. The molecule has 0 radical (unpaired) electrons. The minimum absolute atomic E-state index is 0.275. The van der Waals surface area contributed by atoms with Crippen LogP contribution in [0.15, 0.2) is 54.7 Å². The second kappa shape index (κ2) is 8.97. The SMILES string of the molecule is COc1cc(NC(=O)c2cc(Nc3ccccc3C)ccn2)cc(OC)c1OC. The van der Waals surface area contributed by atoms with Crippen LogP contribution in [0.5, 0.6) is 17.2 Å². The Labute approximate surface area is 169 Å². The van der Waals surface area contributed by atoms with Gasteiger partial charge in [0.25, 0.3) is 5.91 Å². The lowest BCUT2D eigenvalue weighted by atomic mass is 10.2. The highest BCUT2D eigenvalue weighted by Crippen LogP contribution is 2.40. The van der Waals surface area contributed by atoms with Gasteiger partial charge in [0.1, 0.15) is 5.69 Å². The van der Waals surface area contributed by atoms with Crippen LogP contribution in [0.25, 0.3) is 0 Å². The van der Waals surface area contributed by atoms with E-state index in [1.54, 1.807) is 24.4 Å². The minimum Gasteiger partial charge on any atom is -0.493 e. The molecule has 3 rings (SSSR count). The van der Waals surface area contributed by atoms with Crippen LogP contribution >= 0.6 is 0 Å². The van der Waals surface area contributed by atoms with Crippen molar-refractivity contribution in [2.75, 3.05) is 32.0 Å². The first-order chi connectivity index (χ1) is 14.0. The molecule has 29 heavy (non-hydrogen) atoms. The Morgan fingerprint density at radius 3 is 2.21 bits per heavy atom. The van der Waals surface area contributed by atoms with E-state index >= 15 is 0 Å². The molecule has 0 spiro atoms. The standard InChI is InChI=1S/C22H23N3O4/c1-14-7-5-6-8-17(14)24-15-9-10-23-18(11-15)22(26)25-16-12-19(27-2)21(29-4)20(13-16)28-3/h5-13H,1-4H3,(H,23,24)(H,25,26). The predicted octanol–water partition coefficient (Wildman–Crippen LogP) is 4.41. The first-order valence-electron chi connectivity index (χ1n) is 8.95. The number of hydrogen-bond donors (Lipinski definition) is 2. The fourth-order valence-electron chi connectivity index (χ4n) is 2.85. The second-order valence-electron chi connectivity index (χ2n) is 6.24. The van der Waals surface area contributed by atoms with Crippen molar-refractivity contribution >= 4 is 23.0 Å². The van der Waals surface area contributed by atoms with E-state index in [-0.39, 0.29) is 11.6 Å². The third kappa shape index (κ3) is 4.57. The Balaban J connectivity index is 1.82. The molecule has 2 aromatic carbocycles. The lowest BCUT2D eigenvalue weighted by Gasteiger charge is -2.15. The topological polar surface area (TPSA) is 81.7 Å². The molecule has 1 amide bonds. The summed E-state index contributed by atoms with van der Waals surface area (Å²) in [6, 6.07) is 14.7. The fourth-order valence-corrected chi connectivity index (χ4v) is 2.85. The van der Waals surface area contributed by atoms with Crippen LogP contribution in [0.3, 0.4) is 0 Å². The number of rotatable bonds is 7. The van der Waals surface area contributed by atoms with Crippen LogP contribution in [0, 0.1) is 6.92 Å². The third-order valence-electron chi connectivity index (χ3n) is 4.34. The molecule has 7 nitrogen and oxygen atoms in total. The zero-order valence-corrected chi connectivity index (χ0v) is 16.8. The molecule has 150 valence electrons. The fraction of sp³-hybridized carbons (Fsp3) is 0.182. The van der Waals surface area contributed by atoms with E-state index in [9.17, 15) is 4.79 Å². The number of aryl methyl sites for hydroxylation is 1. The summed E-state index contributed by atoms with van der Waals surface area (Å²) in [6.45, 7) is 2.02. The van der Waals surface area contributed by atoms with Crippen LogP contribution in [-0.4, -0.2) is 32.2 Å². The highest BCUT2D eigenvalue weighted by molar-refractivity contribution is 6.03. The van der Waals surface area contributed by atoms with Gasteiger partial charge in [0.15, 0.2) is 11.5 Å². The summed E-state index contributed by atoms with van der Waals surface area (Å²) in [7, 11) is 4.56. The number of benzene rings is 2. The van der Waals surface area contributed by atoms with Gasteiger partial charge in [-0.1, -0.05) is 18.2 Å². The van der Waals surface area contributed by atoms with Crippen molar-refractivity contribution in [2.45, 2.75) is 6.92 Å².